The van der Waals surface area contributed by atoms with Gasteiger partial charge in [-0.1, -0.05) is 6.92 Å². The highest BCUT2D eigenvalue weighted by Gasteiger charge is 2.22. The fourth-order valence-electron chi connectivity index (χ4n) is 2.02. The smallest absolute Gasteiger partial charge is 0.307 e. The summed E-state index contributed by atoms with van der Waals surface area (Å²) in [5.41, 5.74) is 0. The molecule has 1 heterocycles. The van der Waals surface area contributed by atoms with Crippen LogP contribution in [-0.4, -0.2) is 86.4 Å². The molecule has 1 rings (SSSR count). The second-order valence-electron chi connectivity index (χ2n) is 4.96. The van der Waals surface area contributed by atoms with Crippen LogP contribution in [0, 0.1) is 5.92 Å². The van der Waals surface area contributed by atoms with Crippen LogP contribution in [0.1, 0.15) is 6.92 Å². The Morgan fingerprint density at radius 1 is 1.40 bits per heavy atom. The number of hydrogen-bond donors (Lipinski definition) is 1. The van der Waals surface area contributed by atoms with Crippen LogP contribution < -0.4 is 0 Å². The Labute approximate surface area is 119 Å². The van der Waals surface area contributed by atoms with E-state index in [0.717, 1.165) is 0 Å². The third-order valence-corrected chi connectivity index (χ3v) is 3.29. The van der Waals surface area contributed by atoms with E-state index in [0.29, 0.717) is 46.0 Å². The molecule has 0 bridgehead atoms. The maximum absolute atomic E-state index is 12.2. The molecular formula is C13H24N2O5. The summed E-state index contributed by atoms with van der Waals surface area (Å²) in [5, 5.41) is 8.97. The maximum Gasteiger partial charge on any atom is 0.307 e. The molecule has 0 aromatic heterocycles. The normalized spacial score (nSPS) is 17.2. The van der Waals surface area contributed by atoms with Crippen molar-refractivity contribution >= 4 is 11.9 Å². The lowest BCUT2D eigenvalue weighted by molar-refractivity contribution is -0.143. The van der Waals surface area contributed by atoms with Gasteiger partial charge in [-0.2, -0.15) is 0 Å². The number of methoxy groups -OCH3 is 1. The highest BCUT2D eigenvalue weighted by molar-refractivity contribution is 5.78. The van der Waals surface area contributed by atoms with Crippen molar-refractivity contribution in [2.24, 2.45) is 5.92 Å². The number of amides is 1. The first-order valence-corrected chi connectivity index (χ1v) is 6.84. The fourth-order valence-corrected chi connectivity index (χ4v) is 2.02. The van der Waals surface area contributed by atoms with E-state index in [1.54, 1.807) is 18.9 Å². The molecule has 0 saturated carbocycles. The van der Waals surface area contributed by atoms with E-state index < -0.39 is 11.9 Å². The van der Waals surface area contributed by atoms with Crippen molar-refractivity contribution in [3.63, 3.8) is 0 Å². The van der Waals surface area contributed by atoms with E-state index in [1.807, 2.05) is 4.90 Å². The van der Waals surface area contributed by atoms with Crippen molar-refractivity contribution in [2.75, 3.05) is 59.7 Å². The van der Waals surface area contributed by atoms with Gasteiger partial charge in [0.2, 0.25) is 5.91 Å². The summed E-state index contributed by atoms with van der Waals surface area (Å²) in [6.07, 6.45) is 0. The number of nitrogens with zero attached hydrogens (tertiary/aromatic N) is 2. The summed E-state index contributed by atoms with van der Waals surface area (Å²) in [4.78, 5) is 26.7. The maximum atomic E-state index is 12.2. The molecule has 1 unspecified atom stereocenters. The van der Waals surface area contributed by atoms with E-state index in [-0.39, 0.29) is 12.5 Å². The average molecular weight is 288 g/mol. The molecule has 0 aliphatic carbocycles. The number of ether oxygens (including phenoxy) is 2. The summed E-state index contributed by atoms with van der Waals surface area (Å²) >= 11 is 0. The molecule has 0 aromatic rings. The van der Waals surface area contributed by atoms with Gasteiger partial charge in [0.1, 0.15) is 0 Å². The first-order chi connectivity index (χ1) is 9.54. The van der Waals surface area contributed by atoms with Crippen LogP contribution in [0.2, 0.25) is 0 Å². The molecule has 0 radical (unpaired) electrons. The Bertz CT molecular complexity index is 318. The molecule has 1 amide bonds. The number of hydrogen-bond acceptors (Lipinski definition) is 5. The number of carbonyl (C=O) groups is 2. The van der Waals surface area contributed by atoms with Gasteiger partial charge in [0.15, 0.2) is 0 Å². The zero-order valence-corrected chi connectivity index (χ0v) is 12.2. The number of carbonyl (C=O) groups excluding carboxylic acids is 1. The Hall–Kier alpha value is -1.18. The van der Waals surface area contributed by atoms with Gasteiger partial charge in [0, 0.05) is 33.3 Å². The van der Waals surface area contributed by atoms with Crippen molar-refractivity contribution < 1.29 is 24.2 Å². The Morgan fingerprint density at radius 3 is 2.60 bits per heavy atom. The number of carboxylic acid groups (broad SMARTS) is 1. The second-order valence-corrected chi connectivity index (χ2v) is 4.96. The number of carboxylic acids is 1. The summed E-state index contributed by atoms with van der Waals surface area (Å²) < 4.78 is 10.2. The van der Waals surface area contributed by atoms with Crippen molar-refractivity contribution in [1.29, 1.82) is 0 Å². The minimum atomic E-state index is -0.855. The van der Waals surface area contributed by atoms with Crippen LogP contribution in [0.15, 0.2) is 0 Å². The van der Waals surface area contributed by atoms with Crippen molar-refractivity contribution in [3.8, 4) is 0 Å². The summed E-state index contributed by atoms with van der Waals surface area (Å²) in [6, 6.07) is 0. The summed E-state index contributed by atoms with van der Waals surface area (Å²) in [6.45, 7) is 5.56. The van der Waals surface area contributed by atoms with E-state index in [9.17, 15) is 9.59 Å². The van der Waals surface area contributed by atoms with Gasteiger partial charge in [-0.05, 0) is 0 Å². The van der Waals surface area contributed by atoms with E-state index in [4.69, 9.17) is 14.6 Å². The van der Waals surface area contributed by atoms with Gasteiger partial charge < -0.3 is 19.5 Å². The van der Waals surface area contributed by atoms with E-state index in [1.165, 1.54) is 0 Å². The molecule has 0 aromatic carbocycles. The van der Waals surface area contributed by atoms with Gasteiger partial charge in [0.25, 0.3) is 0 Å². The predicted molar refractivity (Wildman–Crippen MR) is 72.5 cm³/mol. The van der Waals surface area contributed by atoms with Crippen LogP contribution in [0.25, 0.3) is 0 Å². The molecule has 7 nitrogen and oxygen atoms in total. The molecule has 1 aliphatic heterocycles. The molecular weight excluding hydrogens is 264 g/mol. The average Bonchev–Trinajstić information content (AvgIpc) is 2.45. The van der Waals surface area contributed by atoms with Crippen LogP contribution in [0.3, 0.4) is 0 Å². The number of rotatable bonds is 8. The van der Waals surface area contributed by atoms with E-state index >= 15 is 0 Å². The van der Waals surface area contributed by atoms with Crippen LogP contribution >= 0.6 is 0 Å². The molecule has 7 heteroatoms. The standard InChI is InChI=1S/C13H24N2O5/c1-11(13(17)18)9-14(3-6-19-2)10-12(16)15-4-7-20-8-5-15/h11H,3-10H2,1-2H3,(H,17,18). The largest absolute Gasteiger partial charge is 0.481 e. The third-order valence-electron chi connectivity index (χ3n) is 3.29. The van der Waals surface area contributed by atoms with Crippen LogP contribution in [0.4, 0.5) is 0 Å². The lowest BCUT2D eigenvalue weighted by Crippen LogP contribution is -2.47. The molecule has 1 atom stereocenters. The Morgan fingerprint density at radius 2 is 2.05 bits per heavy atom. The fraction of sp³-hybridized carbons (Fsp3) is 0.846. The monoisotopic (exact) mass is 288 g/mol. The van der Waals surface area contributed by atoms with Crippen molar-refractivity contribution in [1.82, 2.24) is 9.80 Å². The van der Waals surface area contributed by atoms with E-state index in [2.05, 4.69) is 0 Å². The topological polar surface area (TPSA) is 79.3 Å². The quantitative estimate of drug-likeness (QED) is 0.649. The number of aliphatic carboxylic acids is 1. The Balaban J connectivity index is 2.49. The Kier molecular flexibility index (Phi) is 7.50. The van der Waals surface area contributed by atoms with Crippen LogP contribution in [0.5, 0.6) is 0 Å². The first kappa shape index (κ1) is 16.9. The molecule has 20 heavy (non-hydrogen) atoms. The predicted octanol–water partition coefficient (Wildman–Crippen LogP) is -0.486. The molecule has 1 fully saturated rings. The first-order valence-electron chi connectivity index (χ1n) is 6.84. The zero-order valence-electron chi connectivity index (χ0n) is 12.2. The third kappa shape index (κ3) is 5.85. The zero-order chi connectivity index (χ0) is 15.0. The van der Waals surface area contributed by atoms with Crippen molar-refractivity contribution in [2.45, 2.75) is 6.92 Å². The van der Waals surface area contributed by atoms with Crippen LogP contribution in [-0.2, 0) is 19.1 Å². The summed E-state index contributed by atoms with van der Waals surface area (Å²) in [7, 11) is 1.59. The van der Waals surface area contributed by atoms with Crippen molar-refractivity contribution in [3.05, 3.63) is 0 Å². The molecule has 1 saturated heterocycles. The highest BCUT2D eigenvalue weighted by atomic mass is 16.5. The minimum absolute atomic E-state index is 0.0157. The highest BCUT2D eigenvalue weighted by Crippen LogP contribution is 2.04. The second kappa shape index (κ2) is 8.89. The SMILES string of the molecule is COCCN(CC(=O)N1CCOCC1)CC(C)C(=O)O. The lowest BCUT2D eigenvalue weighted by Gasteiger charge is -2.30. The van der Waals surface area contributed by atoms with Gasteiger partial charge in [0.05, 0.1) is 32.3 Å². The minimum Gasteiger partial charge on any atom is -0.481 e. The molecule has 0 spiro atoms. The van der Waals surface area contributed by atoms with Gasteiger partial charge >= 0.3 is 5.97 Å². The number of morpholine rings is 1. The van der Waals surface area contributed by atoms with Gasteiger partial charge in [-0.15, -0.1) is 0 Å². The lowest BCUT2D eigenvalue weighted by atomic mass is 10.1. The molecule has 1 N–H and O–H groups in total. The summed E-state index contributed by atoms with van der Waals surface area (Å²) in [5.74, 6) is -1.35. The molecule has 1 aliphatic rings. The van der Waals surface area contributed by atoms with Gasteiger partial charge in [-0.3, -0.25) is 14.5 Å². The molecule has 116 valence electrons. The van der Waals surface area contributed by atoms with Gasteiger partial charge in [-0.25, -0.2) is 0 Å².